The minimum atomic E-state index is -0.344. The van der Waals surface area contributed by atoms with Crippen molar-refractivity contribution in [3.05, 3.63) is 24.5 Å². The van der Waals surface area contributed by atoms with Crippen molar-refractivity contribution in [2.45, 2.75) is 30.1 Å². The summed E-state index contributed by atoms with van der Waals surface area (Å²) in [6, 6.07) is 3.82. The molecule has 0 radical (unpaired) electrons. The van der Waals surface area contributed by atoms with Crippen molar-refractivity contribution in [1.29, 1.82) is 0 Å². The van der Waals surface area contributed by atoms with E-state index >= 15 is 0 Å². The molecular weight excluding hydrogens is 324 g/mol. The normalized spacial score (nSPS) is 29.7. The lowest BCUT2D eigenvalue weighted by Gasteiger charge is -2.35. The maximum atomic E-state index is 10.5. The fourth-order valence-electron chi connectivity index (χ4n) is 4.04. The Morgan fingerprint density at radius 3 is 2.75 bits per heavy atom. The van der Waals surface area contributed by atoms with Crippen molar-refractivity contribution in [1.82, 2.24) is 19.7 Å². The molecule has 0 unspecified atom stereocenters. The molecule has 24 heavy (non-hydrogen) atoms. The monoisotopic (exact) mass is 346 g/mol. The van der Waals surface area contributed by atoms with E-state index in [-0.39, 0.29) is 12.1 Å². The molecule has 2 fully saturated rings. The smallest absolute Gasteiger partial charge is 0.191 e. The number of nitrogen functional groups attached to an aromatic ring is 1. The van der Waals surface area contributed by atoms with Gasteiger partial charge >= 0.3 is 0 Å². The molecule has 0 amide bonds. The first-order valence-corrected chi connectivity index (χ1v) is 9.47. The van der Waals surface area contributed by atoms with Gasteiger partial charge in [-0.2, -0.15) is 5.10 Å². The van der Waals surface area contributed by atoms with E-state index in [0.717, 1.165) is 31.7 Å². The Morgan fingerprint density at radius 2 is 2.04 bits per heavy atom. The molecule has 2 aromatic heterocycles. The van der Waals surface area contributed by atoms with Gasteiger partial charge in [0.2, 0.25) is 0 Å². The van der Waals surface area contributed by atoms with E-state index < -0.39 is 0 Å². The average Bonchev–Trinajstić information content (AvgIpc) is 3.22. The van der Waals surface area contributed by atoms with E-state index in [1.165, 1.54) is 11.8 Å². The number of fused-ring (bicyclic) bond motifs is 1. The highest BCUT2D eigenvalue weighted by atomic mass is 32.2. The van der Waals surface area contributed by atoms with E-state index in [4.69, 9.17) is 5.73 Å². The summed E-state index contributed by atoms with van der Waals surface area (Å²) in [5, 5.41) is 15.6. The number of nitrogens with zero attached hydrogens (tertiary/aromatic N) is 5. The lowest BCUT2D eigenvalue weighted by atomic mass is 9.77. The zero-order valence-corrected chi connectivity index (χ0v) is 14.4. The van der Waals surface area contributed by atoms with E-state index in [9.17, 15) is 5.11 Å². The quantitative estimate of drug-likeness (QED) is 0.641. The molecule has 0 spiro atoms. The number of hydrogen-bond donors (Lipinski definition) is 2. The first-order chi connectivity index (χ1) is 11.6. The Hall–Kier alpha value is -1.80. The molecule has 0 bridgehead atoms. The number of anilines is 2. The molecule has 7 nitrogen and oxygen atoms in total. The van der Waals surface area contributed by atoms with Crippen LogP contribution in [0.4, 0.5) is 11.6 Å². The summed E-state index contributed by atoms with van der Waals surface area (Å²) in [7, 11) is 0. The number of rotatable bonds is 3. The van der Waals surface area contributed by atoms with Gasteiger partial charge in [0.05, 0.1) is 12.1 Å². The van der Waals surface area contributed by atoms with Crippen LogP contribution in [0.1, 0.15) is 18.9 Å². The van der Waals surface area contributed by atoms with Crippen LogP contribution in [0.15, 0.2) is 29.7 Å². The summed E-state index contributed by atoms with van der Waals surface area (Å²) in [6.45, 7) is 1.86. The lowest BCUT2D eigenvalue weighted by Crippen LogP contribution is -2.36. The zero-order chi connectivity index (χ0) is 16.7. The van der Waals surface area contributed by atoms with Crippen LogP contribution in [0.25, 0.3) is 0 Å². The second kappa shape index (κ2) is 6.25. The van der Waals surface area contributed by atoms with E-state index in [2.05, 4.69) is 20.0 Å². The molecule has 1 aliphatic carbocycles. The molecule has 3 heterocycles. The van der Waals surface area contributed by atoms with Crippen LogP contribution in [-0.2, 0) is 0 Å². The summed E-state index contributed by atoms with van der Waals surface area (Å²) in [4.78, 5) is 11.1. The Bertz CT molecular complexity index is 709. The first kappa shape index (κ1) is 15.7. The highest BCUT2D eigenvalue weighted by Crippen LogP contribution is 2.42. The van der Waals surface area contributed by atoms with Crippen LogP contribution in [0.2, 0.25) is 0 Å². The highest BCUT2D eigenvalue weighted by Gasteiger charge is 2.43. The summed E-state index contributed by atoms with van der Waals surface area (Å²) in [5.41, 5.74) is 5.91. The van der Waals surface area contributed by atoms with Gasteiger partial charge in [0, 0.05) is 31.5 Å². The van der Waals surface area contributed by atoms with Crippen molar-refractivity contribution in [3.63, 3.8) is 0 Å². The number of aromatic nitrogens is 4. The topological polar surface area (TPSA) is 93.1 Å². The average molecular weight is 346 g/mol. The third-order valence-electron chi connectivity index (χ3n) is 5.19. The predicted octanol–water partition coefficient (Wildman–Crippen LogP) is 1.43. The fraction of sp³-hybridized carbons (Fsp3) is 0.562. The van der Waals surface area contributed by atoms with Crippen molar-refractivity contribution in [2.75, 3.05) is 30.0 Å². The van der Waals surface area contributed by atoms with Crippen molar-refractivity contribution < 1.29 is 5.11 Å². The minimum Gasteiger partial charge on any atom is -0.391 e. The zero-order valence-electron chi connectivity index (χ0n) is 13.6. The van der Waals surface area contributed by atoms with Gasteiger partial charge in [-0.1, -0.05) is 11.8 Å². The van der Waals surface area contributed by atoms with Crippen LogP contribution in [-0.4, -0.2) is 50.3 Å². The van der Waals surface area contributed by atoms with Gasteiger partial charge in [0.1, 0.15) is 11.6 Å². The minimum absolute atomic E-state index is 0.0680. The van der Waals surface area contributed by atoms with Gasteiger partial charge < -0.3 is 15.7 Å². The van der Waals surface area contributed by atoms with Crippen LogP contribution in [0.5, 0.6) is 0 Å². The molecule has 1 aliphatic heterocycles. The number of aliphatic hydroxyl groups excluding tert-OH is 1. The maximum absolute atomic E-state index is 10.5. The van der Waals surface area contributed by atoms with Gasteiger partial charge in [0.25, 0.3) is 0 Å². The standard InChI is InChI=1S/C16H22N6OS/c1-24-16-19-14(17)7-15(20-16)21-8-10-5-12(22-4-2-3-18-22)13(23)6-11(10)9-21/h2-4,7,10-13,23H,5-6,8-9H2,1H3,(H2,17,19,20)/t10-,11+,12-,13-/m1/s1. The second-order valence-corrected chi connectivity index (χ2v) is 7.43. The third kappa shape index (κ3) is 2.84. The van der Waals surface area contributed by atoms with Gasteiger partial charge in [0.15, 0.2) is 5.16 Å². The van der Waals surface area contributed by atoms with Crippen molar-refractivity contribution in [2.24, 2.45) is 11.8 Å². The maximum Gasteiger partial charge on any atom is 0.191 e. The van der Waals surface area contributed by atoms with Crippen LogP contribution < -0.4 is 10.6 Å². The molecule has 4 rings (SSSR count). The summed E-state index contributed by atoms with van der Waals surface area (Å²) in [5.74, 6) is 2.43. The molecule has 2 aliphatic rings. The SMILES string of the molecule is CSc1nc(N)cc(N2C[C@H]3C[C@@H](n4cccn4)[C@H](O)C[C@H]3C2)n1. The Kier molecular flexibility index (Phi) is 4.09. The first-order valence-electron chi connectivity index (χ1n) is 8.24. The van der Waals surface area contributed by atoms with Crippen LogP contribution in [0.3, 0.4) is 0 Å². The molecule has 1 saturated carbocycles. The Morgan fingerprint density at radius 1 is 1.25 bits per heavy atom. The van der Waals surface area contributed by atoms with E-state index in [1.54, 1.807) is 6.20 Å². The van der Waals surface area contributed by atoms with Gasteiger partial charge in [-0.3, -0.25) is 4.68 Å². The van der Waals surface area contributed by atoms with Crippen molar-refractivity contribution in [3.8, 4) is 0 Å². The molecule has 128 valence electrons. The second-order valence-electron chi connectivity index (χ2n) is 6.66. The molecule has 8 heteroatoms. The number of nitrogens with two attached hydrogens (primary N) is 1. The van der Waals surface area contributed by atoms with Gasteiger partial charge in [-0.15, -0.1) is 0 Å². The molecule has 0 aromatic carbocycles. The van der Waals surface area contributed by atoms with Crippen LogP contribution >= 0.6 is 11.8 Å². The molecule has 4 atom stereocenters. The molecule has 2 aromatic rings. The fourth-order valence-corrected chi connectivity index (χ4v) is 4.42. The van der Waals surface area contributed by atoms with Crippen molar-refractivity contribution >= 4 is 23.4 Å². The lowest BCUT2D eigenvalue weighted by molar-refractivity contribution is 0.0306. The van der Waals surface area contributed by atoms with Gasteiger partial charge in [-0.05, 0) is 37.0 Å². The molecular formula is C16H22N6OS. The molecule has 1 saturated heterocycles. The largest absolute Gasteiger partial charge is 0.391 e. The Labute approximate surface area is 145 Å². The number of aliphatic hydroxyl groups is 1. The summed E-state index contributed by atoms with van der Waals surface area (Å²) < 4.78 is 1.90. The third-order valence-corrected chi connectivity index (χ3v) is 5.74. The molecule has 3 N–H and O–H groups in total. The summed E-state index contributed by atoms with van der Waals surface area (Å²) >= 11 is 1.50. The number of thioether (sulfide) groups is 1. The van der Waals surface area contributed by atoms with Crippen LogP contribution in [0, 0.1) is 11.8 Å². The van der Waals surface area contributed by atoms with E-state index in [0.29, 0.717) is 22.8 Å². The number of hydrogen-bond acceptors (Lipinski definition) is 7. The van der Waals surface area contributed by atoms with Gasteiger partial charge in [-0.25, -0.2) is 9.97 Å². The Balaban J connectivity index is 1.53. The van der Waals surface area contributed by atoms with E-state index in [1.807, 2.05) is 29.3 Å². The highest BCUT2D eigenvalue weighted by molar-refractivity contribution is 7.98. The predicted molar refractivity (Wildman–Crippen MR) is 93.9 cm³/mol. The summed E-state index contributed by atoms with van der Waals surface area (Å²) in [6.07, 6.45) is 7.07.